The molecule has 8 heteroatoms. The van der Waals surface area contributed by atoms with Crippen molar-refractivity contribution in [3.8, 4) is 11.3 Å². The lowest BCUT2D eigenvalue weighted by molar-refractivity contribution is 0.0875. The first kappa shape index (κ1) is 17.2. The van der Waals surface area contributed by atoms with Gasteiger partial charge in [-0.25, -0.2) is 9.37 Å². The van der Waals surface area contributed by atoms with E-state index in [0.29, 0.717) is 29.2 Å². The van der Waals surface area contributed by atoms with Gasteiger partial charge in [0.15, 0.2) is 0 Å². The van der Waals surface area contributed by atoms with Gasteiger partial charge in [0, 0.05) is 23.7 Å². The van der Waals surface area contributed by atoms with E-state index < -0.39 is 0 Å². The highest BCUT2D eigenvalue weighted by atomic mass is 19.1. The first-order valence-corrected chi connectivity index (χ1v) is 9.58. The van der Waals surface area contributed by atoms with Crippen LogP contribution >= 0.6 is 0 Å². The Balaban J connectivity index is 1.45. The smallest absolute Gasteiger partial charge is 0.270 e. The van der Waals surface area contributed by atoms with E-state index in [1.807, 2.05) is 0 Å². The molecule has 3 aromatic rings. The Morgan fingerprint density at radius 2 is 1.89 bits per heavy atom. The van der Waals surface area contributed by atoms with E-state index >= 15 is 0 Å². The Bertz CT molecular complexity index is 1020. The van der Waals surface area contributed by atoms with Crippen LogP contribution in [-0.4, -0.2) is 55.6 Å². The average molecular weight is 380 g/mol. The lowest BCUT2D eigenvalue weighted by Crippen LogP contribution is -2.49. The van der Waals surface area contributed by atoms with E-state index in [4.69, 9.17) is 0 Å². The van der Waals surface area contributed by atoms with Crippen molar-refractivity contribution in [2.75, 3.05) is 7.05 Å². The lowest BCUT2D eigenvalue weighted by atomic mass is 9.98. The van der Waals surface area contributed by atoms with E-state index in [1.54, 1.807) is 18.2 Å². The first-order chi connectivity index (χ1) is 13.6. The number of halogens is 1. The highest BCUT2D eigenvalue weighted by molar-refractivity contribution is 5.94. The minimum Gasteiger partial charge on any atom is -0.348 e. The van der Waals surface area contributed by atoms with Gasteiger partial charge in [-0.3, -0.25) is 4.79 Å². The number of fused-ring (bicyclic) bond motifs is 3. The van der Waals surface area contributed by atoms with Gasteiger partial charge in [-0.05, 0) is 63.1 Å². The van der Waals surface area contributed by atoms with Gasteiger partial charge in [-0.2, -0.15) is 14.6 Å². The van der Waals surface area contributed by atoms with Crippen LogP contribution in [0.3, 0.4) is 0 Å². The van der Waals surface area contributed by atoms with Crippen LogP contribution < -0.4 is 5.32 Å². The quantitative estimate of drug-likeness (QED) is 0.755. The van der Waals surface area contributed by atoms with E-state index in [-0.39, 0.29) is 17.8 Å². The molecule has 2 aromatic heterocycles. The van der Waals surface area contributed by atoms with Crippen molar-refractivity contribution in [3.63, 3.8) is 0 Å². The molecule has 1 aromatic carbocycles. The number of carbonyl (C=O) groups excluding carboxylic acids is 1. The summed E-state index contributed by atoms with van der Waals surface area (Å²) in [6.45, 7) is 0. The van der Waals surface area contributed by atoms with Crippen LogP contribution in [0.4, 0.5) is 4.39 Å². The van der Waals surface area contributed by atoms with Crippen LogP contribution in [0.1, 0.15) is 36.2 Å². The standard InChI is InChI=1S/C20H21FN6O/c1-26-15-6-7-16(26)9-14(8-15)24-19(28)18-10-17(12-2-4-13(21)5-3-12)25-20-22-11-23-27(18)20/h2-5,10-11,14-16H,6-9H2,1H3,(H,24,28)/t15-,16-/m1/s1. The SMILES string of the molecule is CN1[C@@H]2CC[C@@H]1CC(NC(=O)c1cc(-c3ccc(F)cc3)nc3ncnn13)C2. The van der Waals surface area contributed by atoms with E-state index in [1.165, 1.54) is 35.8 Å². The molecule has 2 saturated heterocycles. The van der Waals surface area contributed by atoms with Gasteiger partial charge in [-0.15, -0.1) is 0 Å². The molecule has 0 radical (unpaired) electrons. The maximum Gasteiger partial charge on any atom is 0.270 e. The zero-order chi connectivity index (χ0) is 19.3. The molecular formula is C20H21FN6O. The summed E-state index contributed by atoms with van der Waals surface area (Å²) in [5.41, 5.74) is 1.67. The predicted octanol–water partition coefficient (Wildman–Crippen LogP) is 2.29. The predicted molar refractivity (Wildman–Crippen MR) is 101 cm³/mol. The van der Waals surface area contributed by atoms with E-state index in [2.05, 4.69) is 32.3 Å². The number of amides is 1. The minimum absolute atomic E-state index is 0.155. The Hall–Kier alpha value is -2.87. The number of carbonyl (C=O) groups is 1. The average Bonchev–Trinajstić information content (AvgIpc) is 3.22. The van der Waals surface area contributed by atoms with Crippen molar-refractivity contribution < 1.29 is 9.18 Å². The normalized spacial score (nSPS) is 24.6. The van der Waals surface area contributed by atoms with Crippen molar-refractivity contribution in [3.05, 3.63) is 48.2 Å². The number of aromatic nitrogens is 4. The second-order valence-corrected chi connectivity index (χ2v) is 7.70. The molecule has 2 aliphatic rings. The molecule has 2 aliphatic heterocycles. The summed E-state index contributed by atoms with van der Waals surface area (Å²) in [4.78, 5) is 24.1. The summed E-state index contributed by atoms with van der Waals surface area (Å²) in [6, 6.07) is 8.96. The zero-order valence-electron chi connectivity index (χ0n) is 15.5. The van der Waals surface area contributed by atoms with Crippen molar-refractivity contribution >= 4 is 11.7 Å². The highest BCUT2D eigenvalue weighted by Gasteiger charge is 2.39. The second-order valence-electron chi connectivity index (χ2n) is 7.70. The topological polar surface area (TPSA) is 75.4 Å². The van der Waals surface area contributed by atoms with Crippen LogP contribution in [0.5, 0.6) is 0 Å². The van der Waals surface area contributed by atoms with Gasteiger partial charge in [0.1, 0.15) is 17.8 Å². The summed E-state index contributed by atoms with van der Waals surface area (Å²) in [7, 11) is 2.18. The molecule has 2 atom stereocenters. The van der Waals surface area contributed by atoms with Gasteiger partial charge < -0.3 is 10.2 Å². The third kappa shape index (κ3) is 2.93. The Morgan fingerprint density at radius 3 is 2.61 bits per heavy atom. The molecule has 2 fully saturated rings. The second kappa shape index (κ2) is 6.63. The molecule has 0 saturated carbocycles. The van der Waals surface area contributed by atoms with Crippen molar-refractivity contribution in [2.24, 2.45) is 0 Å². The molecule has 0 spiro atoms. The lowest BCUT2D eigenvalue weighted by Gasteiger charge is -2.36. The fraction of sp³-hybridized carbons (Fsp3) is 0.400. The molecule has 144 valence electrons. The minimum atomic E-state index is -0.317. The fourth-order valence-electron chi connectivity index (χ4n) is 4.53. The van der Waals surface area contributed by atoms with Crippen LogP contribution in [-0.2, 0) is 0 Å². The Kier molecular flexibility index (Phi) is 4.08. The molecule has 1 N–H and O–H groups in total. The summed E-state index contributed by atoms with van der Waals surface area (Å²) < 4.78 is 14.7. The van der Waals surface area contributed by atoms with E-state index in [0.717, 1.165) is 18.4 Å². The number of nitrogens with one attached hydrogen (secondary N) is 1. The van der Waals surface area contributed by atoms with Gasteiger partial charge in [0.2, 0.25) is 0 Å². The summed E-state index contributed by atoms with van der Waals surface area (Å²) in [5, 5.41) is 7.33. The maximum absolute atomic E-state index is 13.3. The van der Waals surface area contributed by atoms with Crippen molar-refractivity contribution in [1.29, 1.82) is 0 Å². The van der Waals surface area contributed by atoms with Crippen LogP contribution in [0.25, 0.3) is 17.0 Å². The third-order valence-electron chi connectivity index (χ3n) is 6.06. The molecular weight excluding hydrogens is 359 g/mol. The largest absolute Gasteiger partial charge is 0.348 e. The number of hydrogen-bond acceptors (Lipinski definition) is 5. The molecule has 5 rings (SSSR count). The highest BCUT2D eigenvalue weighted by Crippen LogP contribution is 2.34. The number of rotatable bonds is 3. The Labute approximate surface area is 161 Å². The van der Waals surface area contributed by atoms with Crippen molar-refractivity contribution in [1.82, 2.24) is 29.8 Å². The molecule has 2 bridgehead atoms. The molecule has 1 amide bonds. The van der Waals surface area contributed by atoms with Crippen LogP contribution in [0.2, 0.25) is 0 Å². The third-order valence-corrected chi connectivity index (χ3v) is 6.06. The van der Waals surface area contributed by atoms with Gasteiger partial charge in [0.25, 0.3) is 11.7 Å². The van der Waals surface area contributed by atoms with E-state index in [9.17, 15) is 9.18 Å². The molecule has 0 unspecified atom stereocenters. The maximum atomic E-state index is 13.3. The number of hydrogen-bond donors (Lipinski definition) is 1. The number of benzene rings is 1. The fourth-order valence-corrected chi connectivity index (χ4v) is 4.53. The molecule has 4 heterocycles. The van der Waals surface area contributed by atoms with Crippen molar-refractivity contribution in [2.45, 2.75) is 43.8 Å². The molecule has 28 heavy (non-hydrogen) atoms. The monoisotopic (exact) mass is 380 g/mol. The first-order valence-electron chi connectivity index (χ1n) is 9.58. The number of nitrogens with zero attached hydrogens (tertiary/aromatic N) is 5. The van der Waals surface area contributed by atoms with Gasteiger partial charge >= 0.3 is 0 Å². The zero-order valence-corrected chi connectivity index (χ0v) is 15.5. The van der Waals surface area contributed by atoms with Gasteiger partial charge in [0.05, 0.1) is 5.69 Å². The Morgan fingerprint density at radius 1 is 1.18 bits per heavy atom. The number of piperidine rings is 1. The molecule has 0 aliphatic carbocycles. The summed E-state index contributed by atoms with van der Waals surface area (Å²) in [5.74, 6) is -0.159. The summed E-state index contributed by atoms with van der Waals surface area (Å²) >= 11 is 0. The van der Waals surface area contributed by atoms with Gasteiger partial charge in [-0.1, -0.05) is 0 Å². The summed E-state index contributed by atoms with van der Waals surface area (Å²) in [6.07, 6.45) is 5.71. The van der Waals surface area contributed by atoms with Crippen LogP contribution in [0, 0.1) is 5.82 Å². The molecule has 7 nitrogen and oxygen atoms in total. The van der Waals surface area contributed by atoms with Crippen LogP contribution in [0.15, 0.2) is 36.7 Å².